The summed E-state index contributed by atoms with van der Waals surface area (Å²) in [4.78, 5) is 2.25. The van der Waals surface area contributed by atoms with E-state index in [4.69, 9.17) is 23.9 Å². The molecule has 0 atom stereocenters. The second-order valence-electron chi connectivity index (χ2n) is 15.6. The SMILES string of the molecule is [2H]c1c([2H])c([2H])c(-c2c([2H])c([2H])c3oc4c(c3c2[2H])N(c2c([2H])c([2H])c3oc5c([2H])c([2H])c([2H])c([2H])c5c3c2[2H])c2c([2H])c(C(C)(C)C)c([2H])c3c2B4c2c([2H])c([2H])c([2H])c4c2N3c2c([2H])c([2H])c([2H])c3c5c([2H])c([2H])c([2H])c([2H])c5n-4c23)c([2H])c1[2H]. The first-order valence-electron chi connectivity index (χ1n) is 32.2. The van der Waals surface area contributed by atoms with Crippen molar-refractivity contribution < 1.29 is 45.8 Å². The molecule has 3 aliphatic rings. The first kappa shape index (κ1) is 16.3. The molecule has 8 aromatic carbocycles. The van der Waals surface area contributed by atoms with E-state index in [1.807, 2.05) is 0 Å². The Morgan fingerprint density at radius 1 is 0.500 bits per heavy atom. The topological polar surface area (TPSA) is 37.7 Å². The third-order valence-corrected chi connectivity index (χ3v) is 11.3. The van der Waals surface area contributed by atoms with E-state index in [2.05, 4.69) is 0 Å². The highest BCUT2D eigenvalue weighted by Gasteiger charge is 2.49. The second-order valence-corrected chi connectivity index (χ2v) is 15.6. The molecule has 3 aromatic heterocycles. The van der Waals surface area contributed by atoms with E-state index in [0.29, 0.717) is 0 Å². The van der Waals surface area contributed by atoms with Crippen molar-refractivity contribution in [3.8, 4) is 16.8 Å². The molecule has 0 fully saturated rings. The number of aromatic nitrogens is 1. The van der Waals surface area contributed by atoms with E-state index in [9.17, 15) is 21.9 Å². The molecule has 282 valence electrons. The predicted molar refractivity (Wildman–Crippen MR) is 250 cm³/mol. The van der Waals surface area contributed by atoms with Gasteiger partial charge in [-0.25, -0.2) is 0 Å². The van der Waals surface area contributed by atoms with Gasteiger partial charge in [0, 0.05) is 44.0 Å². The van der Waals surface area contributed by atoms with Crippen molar-refractivity contribution in [2.45, 2.75) is 26.2 Å². The van der Waals surface area contributed by atoms with Crippen LogP contribution in [0.2, 0.25) is 0 Å². The van der Waals surface area contributed by atoms with Crippen molar-refractivity contribution in [2.24, 2.45) is 0 Å². The third-order valence-electron chi connectivity index (χ3n) is 11.3. The van der Waals surface area contributed by atoms with Crippen LogP contribution in [0.25, 0.3) is 71.5 Å². The average Bonchev–Trinajstić information content (AvgIpc) is 1.64. The molecular weight excluding hydrogens is 733 g/mol. The standard InChI is InChI=1S/C54H36BN3O2/c1-54(2,3)33-28-44-49-45(29-33)58-42-20-11-17-37-35-15-7-9-19-41(35)57(50(37)42)43-21-12-18-40(52(43)58)55(49)53-51(39-27-32(23-25-48(39)60-53)31-13-5-4-6-14-31)56(44)34-24-26-47-38(30-34)36-16-8-10-22-46(36)59-47/h4-30H,1-3H3/i4D,5D,6D,7D,8D,9D,10D,11D,12D,13D,14D,15D,16D,17D,18D,19D,20D,21D,22D,23D,24D,25D,26D,27D,28D,29D,30D. The molecule has 0 spiro atoms. The van der Waals surface area contributed by atoms with Crippen LogP contribution in [0.1, 0.15) is 63.3 Å². The molecular formula is C54H36BN3O2. The molecule has 0 N–H and O–H groups in total. The Balaban J connectivity index is 1.28. The molecule has 60 heavy (non-hydrogen) atoms. The molecule has 0 bridgehead atoms. The van der Waals surface area contributed by atoms with E-state index in [-0.39, 0.29) is 61.0 Å². The first-order valence-corrected chi connectivity index (χ1v) is 18.7. The lowest BCUT2D eigenvalue weighted by Crippen LogP contribution is -2.61. The lowest BCUT2D eigenvalue weighted by atomic mass is 9.35. The fraction of sp³-hybridized carbons (Fsp3) is 0.0741. The predicted octanol–water partition coefficient (Wildman–Crippen LogP) is 12.8. The van der Waals surface area contributed by atoms with Gasteiger partial charge in [0.2, 0.25) is 0 Å². The lowest BCUT2D eigenvalue weighted by molar-refractivity contribution is 0.590. The zero-order valence-electron chi connectivity index (χ0n) is 58.2. The molecule has 6 heteroatoms. The largest absolute Gasteiger partial charge is 0.468 e. The number of fused-ring (bicyclic) bond motifs is 14. The molecule has 0 amide bonds. The zero-order valence-corrected chi connectivity index (χ0v) is 31.2. The minimum atomic E-state index is -1.84. The molecule has 6 heterocycles. The number of furan rings is 2. The average molecular weight is 797 g/mol. The van der Waals surface area contributed by atoms with Crippen LogP contribution in [-0.2, 0) is 5.41 Å². The lowest BCUT2D eigenvalue weighted by Gasteiger charge is -2.45. The van der Waals surface area contributed by atoms with Crippen molar-refractivity contribution in [1.29, 1.82) is 0 Å². The van der Waals surface area contributed by atoms with E-state index in [0.717, 1.165) is 9.47 Å². The summed E-state index contributed by atoms with van der Waals surface area (Å²) in [5.41, 5.74) is -9.48. The maximum Gasteiger partial charge on any atom is 0.297 e. The molecule has 0 radical (unpaired) electrons. The maximum atomic E-state index is 10.6. The summed E-state index contributed by atoms with van der Waals surface area (Å²) < 4.78 is 267. The Morgan fingerprint density at radius 2 is 1.20 bits per heavy atom. The Bertz CT molecular complexity index is 5250. The summed E-state index contributed by atoms with van der Waals surface area (Å²) in [6, 6.07) is -21.1. The normalized spacial score (nSPS) is 20.1. The molecule has 0 saturated heterocycles. The van der Waals surface area contributed by atoms with Crippen molar-refractivity contribution in [1.82, 2.24) is 4.57 Å². The second kappa shape index (κ2) is 11.2. The van der Waals surface area contributed by atoms with Gasteiger partial charge in [0.15, 0.2) is 0 Å². The Morgan fingerprint density at radius 3 is 2.07 bits per heavy atom. The van der Waals surface area contributed by atoms with E-state index in [1.54, 1.807) is 20.8 Å². The van der Waals surface area contributed by atoms with Gasteiger partial charge in [-0.3, -0.25) is 0 Å². The summed E-state index contributed by atoms with van der Waals surface area (Å²) in [6.07, 6.45) is 0. The Kier molecular flexibility index (Phi) is 3.04. The third kappa shape index (κ3) is 4.08. The van der Waals surface area contributed by atoms with Crippen molar-refractivity contribution in [3.05, 3.63) is 169 Å². The highest BCUT2D eigenvalue weighted by atomic mass is 16.3. The van der Waals surface area contributed by atoms with Crippen molar-refractivity contribution in [3.63, 3.8) is 0 Å². The van der Waals surface area contributed by atoms with Gasteiger partial charge in [-0.05, 0) is 99.5 Å². The number of para-hydroxylation sites is 4. The zero-order chi connectivity index (χ0) is 63.1. The molecule has 11 aromatic rings. The van der Waals surface area contributed by atoms with Crippen LogP contribution in [0.3, 0.4) is 0 Å². The molecule has 0 aliphatic carbocycles. The number of hydrogen-bond donors (Lipinski definition) is 0. The van der Waals surface area contributed by atoms with Crippen LogP contribution < -0.4 is 26.4 Å². The van der Waals surface area contributed by atoms with Crippen LogP contribution in [-0.4, -0.2) is 11.3 Å². The summed E-state index contributed by atoms with van der Waals surface area (Å²) >= 11 is 0. The van der Waals surface area contributed by atoms with Gasteiger partial charge in [0.1, 0.15) is 16.7 Å². The van der Waals surface area contributed by atoms with Gasteiger partial charge in [0.05, 0.1) is 76.5 Å². The van der Waals surface area contributed by atoms with Gasteiger partial charge in [-0.2, -0.15) is 0 Å². The minimum absolute atomic E-state index is 0.152. The maximum absolute atomic E-state index is 10.6. The molecule has 0 unspecified atom stereocenters. The quantitative estimate of drug-likeness (QED) is 0.163. The van der Waals surface area contributed by atoms with E-state index in [1.165, 1.54) is 4.90 Å². The summed E-state index contributed by atoms with van der Waals surface area (Å²) in [5.74, 6) is 0. The van der Waals surface area contributed by atoms with Gasteiger partial charge in [-0.15, -0.1) is 0 Å². The number of nitrogens with zero attached hydrogens (tertiary/aromatic N) is 3. The van der Waals surface area contributed by atoms with Gasteiger partial charge in [0.25, 0.3) is 6.71 Å². The summed E-state index contributed by atoms with van der Waals surface area (Å²) in [5, 5.41) is -2.06. The van der Waals surface area contributed by atoms with Crippen LogP contribution in [0, 0.1) is 0 Å². The molecule has 5 nitrogen and oxygen atoms in total. The number of anilines is 6. The van der Waals surface area contributed by atoms with Crippen LogP contribution in [0.5, 0.6) is 0 Å². The first-order chi connectivity index (χ1) is 40.7. The number of rotatable bonds is 2. The van der Waals surface area contributed by atoms with E-state index < -0.39 is 242 Å². The molecule has 0 saturated carbocycles. The minimum Gasteiger partial charge on any atom is -0.468 e. The number of benzene rings is 8. The summed E-state index contributed by atoms with van der Waals surface area (Å²) in [7, 11) is 0. The fourth-order valence-corrected chi connectivity index (χ4v) is 8.78. The van der Waals surface area contributed by atoms with Crippen molar-refractivity contribution >= 4 is 112 Å². The monoisotopic (exact) mass is 796 g/mol. The van der Waals surface area contributed by atoms with Gasteiger partial charge >= 0.3 is 0 Å². The number of hydrogen-bond acceptors (Lipinski definition) is 4. The highest BCUT2D eigenvalue weighted by Crippen LogP contribution is 2.54. The molecule has 3 aliphatic heterocycles. The Hall–Kier alpha value is -7.44. The van der Waals surface area contributed by atoms with Crippen LogP contribution >= 0.6 is 0 Å². The van der Waals surface area contributed by atoms with Crippen LogP contribution in [0.4, 0.5) is 34.1 Å². The van der Waals surface area contributed by atoms with Gasteiger partial charge < -0.3 is 23.2 Å². The van der Waals surface area contributed by atoms with Crippen molar-refractivity contribution in [2.75, 3.05) is 9.80 Å². The Labute approximate surface area is 384 Å². The fourth-order valence-electron chi connectivity index (χ4n) is 8.78. The molecule has 14 rings (SSSR count). The summed E-state index contributed by atoms with van der Waals surface area (Å²) in [6.45, 7) is 3.04. The van der Waals surface area contributed by atoms with E-state index >= 15 is 0 Å². The van der Waals surface area contributed by atoms with Gasteiger partial charge in [-0.1, -0.05) is 117 Å². The van der Waals surface area contributed by atoms with Crippen LogP contribution in [0.15, 0.2) is 172 Å². The highest BCUT2D eigenvalue weighted by molar-refractivity contribution is 7.00. The smallest absolute Gasteiger partial charge is 0.297 e.